The first kappa shape index (κ1) is 14.3. The number of hydrogen-bond donors (Lipinski definition) is 1. The standard InChI is InChI=1S/C14H22N2O2S/c1-4-9-19(17,18)16-8-7-13-10-12(11(2)15-3)5-6-14(13)16/h5-6,10-11,15H,4,7-9H2,1-3H3. The van der Waals surface area contributed by atoms with Crippen molar-refractivity contribution in [2.24, 2.45) is 0 Å². The predicted molar refractivity (Wildman–Crippen MR) is 79.0 cm³/mol. The lowest BCUT2D eigenvalue weighted by Crippen LogP contribution is -2.31. The lowest BCUT2D eigenvalue weighted by atomic mass is 10.0. The summed E-state index contributed by atoms with van der Waals surface area (Å²) >= 11 is 0. The highest BCUT2D eigenvalue weighted by Crippen LogP contribution is 2.32. The van der Waals surface area contributed by atoms with Gasteiger partial charge in [-0.1, -0.05) is 19.1 Å². The maximum absolute atomic E-state index is 12.2. The van der Waals surface area contributed by atoms with Gasteiger partial charge in [0.25, 0.3) is 0 Å². The minimum atomic E-state index is -3.14. The number of benzene rings is 1. The molecule has 0 spiro atoms. The molecule has 106 valence electrons. The van der Waals surface area contributed by atoms with Crippen LogP contribution in [0.1, 0.15) is 37.4 Å². The summed E-state index contributed by atoms with van der Waals surface area (Å²) in [4.78, 5) is 0. The molecule has 0 aromatic heterocycles. The van der Waals surface area contributed by atoms with Gasteiger partial charge < -0.3 is 5.32 Å². The summed E-state index contributed by atoms with van der Waals surface area (Å²) in [6, 6.07) is 6.36. The number of nitrogens with zero attached hydrogens (tertiary/aromatic N) is 1. The Labute approximate surface area is 115 Å². The largest absolute Gasteiger partial charge is 0.313 e. The van der Waals surface area contributed by atoms with Gasteiger partial charge in [-0.05, 0) is 44.0 Å². The number of fused-ring (bicyclic) bond motifs is 1. The van der Waals surface area contributed by atoms with E-state index in [1.807, 2.05) is 26.1 Å². The van der Waals surface area contributed by atoms with Crippen molar-refractivity contribution in [1.82, 2.24) is 5.32 Å². The van der Waals surface area contributed by atoms with Crippen molar-refractivity contribution in [1.29, 1.82) is 0 Å². The van der Waals surface area contributed by atoms with E-state index in [4.69, 9.17) is 0 Å². The first-order valence-electron chi connectivity index (χ1n) is 6.80. The van der Waals surface area contributed by atoms with E-state index >= 15 is 0 Å². The van der Waals surface area contributed by atoms with Gasteiger partial charge in [0.1, 0.15) is 0 Å². The summed E-state index contributed by atoms with van der Waals surface area (Å²) in [6.45, 7) is 4.57. The quantitative estimate of drug-likeness (QED) is 0.899. The molecule has 0 saturated carbocycles. The maximum atomic E-state index is 12.2. The Hall–Kier alpha value is -1.07. The third kappa shape index (κ3) is 2.77. The van der Waals surface area contributed by atoms with Crippen molar-refractivity contribution in [2.45, 2.75) is 32.7 Å². The van der Waals surface area contributed by atoms with E-state index in [-0.39, 0.29) is 11.8 Å². The second kappa shape index (κ2) is 5.51. The van der Waals surface area contributed by atoms with Gasteiger partial charge in [-0.2, -0.15) is 0 Å². The molecule has 1 aliphatic heterocycles. The highest BCUT2D eigenvalue weighted by Gasteiger charge is 2.28. The fourth-order valence-electron chi connectivity index (χ4n) is 2.48. The molecular weight excluding hydrogens is 260 g/mol. The second-order valence-electron chi connectivity index (χ2n) is 5.04. The van der Waals surface area contributed by atoms with Crippen molar-refractivity contribution in [3.8, 4) is 0 Å². The van der Waals surface area contributed by atoms with Gasteiger partial charge in [-0.3, -0.25) is 4.31 Å². The fraction of sp³-hybridized carbons (Fsp3) is 0.571. The molecule has 0 aliphatic carbocycles. The molecular formula is C14H22N2O2S. The Balaban J connectivity index is 2.32. The molecule has 0 saturated heterocycles. The zero-order chi connectivity index (χ0) is 14.0. The van der Waals surface area contributed by atoms with E-state index < -0.39 is 10.0 Å². The van der Waals surface area contributed by atoms with E-state index in [2.05, 4.69) is 18.3 Å². The smallest absolute Gasteiger partial charge is 0.235 e. The van der Waals surface area contributed by atoms with Crippen LogP contribution in [0.4, 0.5) is 5.69 Å². The molecule has 1 aromatic carbocycles. The molecule has 0 radical (unpaired) electrons. The van der Waals surface area contributed by atoms with Crippen LogP contribution in [0.15, 0.2) is 18.2 Å². The van der Waals surface area contributed by atoms with Crippen molar-refractivity contribution < 1.29 is 8.42 Å². The molecule has 1 N–H and O–H groups in total. The van der Waals surface area contributed by atoms with Gasteiger partial charge in [0.2, 0.25) is 10.0 Å². The Bertz CT molecular complexity index is 555. The highest BCUT2D eigenvalue weighted by atomic mass is 32.2. The Kier molecular flexibility index (Phi) is 4.16. The van der Waals surface area contributed by atoms with Gasteiger partial charge in [-0.15, -0.1) is 0 Å². The first-order valence-corrected chi connectivity index (χ1v) is 8.41. The van der Waals surface area contributed by atoms with Crippen LogP contribution >= 0.6 is 0 Å². The topological polar surface area (TPSA) is 49.4 Å². The SMILES string of the molecule is CCCS(=O)(=O)N1CCc2cc(C(C)NC)ccc21. The Morgan fingerprint density at radius 2 is 2.16 bits per heavy atom. The van der Waals surface area contributed by atoms with Crippen LogP contribution in [0.25, 0.3) is 0 Å². The Morgan fingerprint density at radius 3 is 2.79 bits per heavy atom. The van der Waals surface area contributed by atoms with E-state index in [9.17, 15) is 8.42 Å². The highest BCUT2D eigenvalue weighted by molar-refractivity contribution is 7.92. The summed E-state index contributed by atoms with van der Waals surface area (Å²) in [5.41, 5.74) is 3.20. The molecule has 19 heavy (non-hydrogen) atoms. The lowest BCUT2D eigenvalue weighted by Gasteiger charge is -2.20. The molecule has 4 nitrogen and oxygen atoms in total. The second-order valence-corrected chi connectivity index (χ2v) is 7.05. The van der Waals surface area contributed by atoms with Crippen LogP contribution in [-0.4, -0.2) is 27.8 Å². The van der Waals surface area contributed by atoms with E-state index in [1.54, 1.807) is 4.31 Å². The minimum Gasteiger partial charge on any atom is -0.313 e. The van der Waals surface area contributed by atoms with Crippen molar-refractivity contribution in [3.63, 3.8) is 0 Å². The van der Waals surface area contributed by atoms with Gasteiger partial charge >= 0.3 is 0 Å². The molecule has 1 heterocycles. The van der Waals surface area contributed by atoms with Gasteiger partial charge in [0, 0.05) is 12.6 Å². The average Bonchev–Trinajstić information content (AvgIpc) is 2.81. The summed E-state index contributed by atoms with van der Waals surface area (Å²) in [7, 11) is -1.22. The molecule has 0 fully saturated rings. The molecule has 1 atom stereocenters. The van der Waals surface area contributed by atoms with E-state index in [0.717, 1.165) is 17.7 Å². The van der Waals surface area contributed by atoms with E-state index in [1.165, 1.54) is 5.56 Å². The zero-order valence-corrected chi connectivity index (χ0v) is 12.6. The third-order valence-electron chi connectivity index (χ3n) is 3.69. The summed E-state index contributed by atoms with van der Waals surface area (Å²) < 4.78 is 25.9. The zero-order valence-electron chi connectivity index (χ0n) is 11.8. The van der Waals surface area contributed by atoms with Crippen LogP contribution in [0.3, 0.4) is 0 Å². The van der Waals surface area contributed by atoms with E-state index in [0.29, 0.717) is 13.0 Å². The molecule has 1 aromatic rings. The van der Waals surface area contributed by atoms with Gasteiger partial charge in [0.05, 0.1) is 11.4 Å². The first-order chi connectivity index (χ1) is 8.99. The molecule has 1 aliphatic rings. The molecule has 1 unspecified atom stereocenters. The van der Waals surface area contributed by atoms with Crippen LogP contribution in [0.5, 0.6) is 0 Å². The monoisotopic (exact) mass is 282 g/mol. The number of sulfonamides is 1. The Morgan fingerprint density at radius 1 is 1.42 bits per heavy atom. The molecule has 0 bridgehead atoms. The van der Waals surface area contributed by atoms with Crippen LogP contribution in [-0.2, 0) is 16.4 Å². The molecule has 5 heteroatoms. The van der Waals surface area contributed by atoms with Crippen LogP contribution in [0, 0.1) is 0 Å². The summed E-state index contributed by atoms with van der Waals surface area (Å²) in [5.74, 6) is 0.223. The lowest BCUT2D eigenvalue weighted by molar-refractivity contribution is 0.591. The fourth-order valence-corrected chi connectivity index (χ4v) is 4.07. The van der Waals surface area contributed by atoms with Crippen molar-refractivity contribution in [3.05, 3.63) is 29.3 Å². The molecule has 0 amide bonds. The summed E-state index contributed by atoms with van der Waals surface area (Å²) in [6.07, 6.45) is 1.46. The van der Waals surface area contributed by atoms with Crippen LogP contribution < -0.4 is 9.62 Å². The van der Waals surface area contributed by atoms with Gasteiger partial charge in [-0.25, -0.2) is 8.42 Å². The number of hydrogen-bond acceptors (Lipinski definition) is 3. The number of anilines is 1. The molecule has 2 rings (SSSR count). The number of rotatable bonds is 5. The predicted octanol–water partition coefficient (Wildman–Crippen LogP) is 2.07. The maximum Gasteiger partial charge on any atom is 0.235 e. The normalized spacial score (nSPS) is 16.5. The number of nitrogens with one attached hydrogen (secondary N) is 1. The van der Waals surface area contributed by atoms with Crippen molar-refractivity contribution in [2.75, 3.05) is 23.7 Å². The van der Waals surface area contributed by atoms with Crippen molar-refractivity contribution >= 4 is 15.7 Å². The van der Waals surface area contributed by atoms with Gasteiger partial charge in [0.15, 0.2) is 0 Å². The third-order valence-corrected chi connectivity index (χ3v) is 5.66. The average molecular weight is 282 g/mol. The summed E-state index contributed by atoms with van der Waals surface area (Å²) in [5, 5.41) is 3.20. The minimum absolute atomic E-state index is 0.223. The van der Waals surface area contributed by atoms with Crippen LogP contribution in [0.2, 0.25) is 0 Å².